The SMILES string of the molecule is O=C(NOCc1ccccc1)c1ccc(Cl)c(S(=O)(=O)N2CCCCC2)c1. The zero-order valence-electron chi connectivity index (χ0n) is 14.7. The fourth-order valence-corrected chi connectivity index (χ4v) is 4.92. The van der Waals surface area contributed by atoms with Crippen LogP contribution in [0.25, 0.3) is 0 Å². The van der Waals surface area contributed by atoms with E-state index in [1.807, 2.05) is 30.3 Å². The molecule has 2 aromatic carbocycles. The Bertz CT molecular complexity index is 897. The topological polar surface area (TPSA) is 75.7 Å². The number of nitrogens with one attached hydrogen (secondary N) is 1. The molecule has 0 spiro atoms. The van der Waals surface area contributed by atoms with E-state index in [1.54, 1.807) is 0 Å². The van der Waals surface area contributed by atoms with Crippen LogP contribution in [-0.4, -0.2) is 31.7 Å². The molecule has 1 N–H and O–H groups in total. The third-order valence-corrected chi connectivity index (χ3v) is 6.75. The molecule has 1 aliphatic rings. The number of hydrogen-bond acceptors (Lipinski definition) is 4. The summed E-state index contributed by atoms with van der Waals surface area (Å²) in [5.41, 5.74) is 3.41. The van der Waals surface area contributed by atoms with E-state index >= 15 is 0 Å². The summed E-state index contributed by atoms with van der Waals surface area (Å²) in [7, 11) is -3.73. The molecule has 0 radical (unpaired) electrons. The first-order valence-electron chi connectivity index (χ1n) is 8.74. The third-order valence-electron chi connectivity index (χ3n) is 4.37. The number of hydrogen-bond donors (Lipinski definition) is 1. The number of sulfonamides is 1. The highest BCUT2D eigenvalue weighted by Crippen LogP contribution is 2.27. The van der Waals surface area contributed by atoms with Gasteiger partial charge in [-0.2, -0.15) is 4.31 Å². The van der Waals surface area contributed by atoms with Crippen LogP contribution in [0, 0.1) is 0 Å². The Hall–Kier alpha value is -1.93. The molecular weight excluding hydrogens is 388 g/mol. The minimum Gasteiger partial charge on any atom is -0.269 e. The van der Waals surface area contributed by atoms with Gasteiger partial charge in [0, 0.05) is 18.7 Å². The Morgan fingerprint density at radius 2 is 1.78 bits per heavy atom. The summed E-state index contributed by atoms with van der Waals surface area (Å²) in [5.74, 6) is -0.530. The molecule has 1 aliphatic heterocycles. The highest BCUT2D eigenvalue weighted by molar-refractivity contribution is 7.89. The highest BCUT2D eigenvalue weighted by atomic mass is 35.5. The van der Waals surface area contributed by atoms with Gasteiger partial charge in [0.1, 0.15) is 4.90 Å². The molecule has 0 unspecified atom stereocenters. The number of amides is 1. The summed E-state index contributed by atoms with van der Waals surface area (Å²) in [6.45, 7) is 1.14. The van der Waals surface area contributed by atoms with Gasteiger partial charge in [-0.3, -0.25) is 9.63 Å². The molecule has 0 aliphatic carbocycles. The van der Waals surface area contributed by atoms with Crippen LogP contribution in [0.15, 0.2) is 53.4 Å². The molecule has 0 saturated carbocycles. The van der Waals surface area contributed by atoms with Gasteiger partial charge in [-0.25, -0.2) is 13.9 Å². The molecule has 1 amide bonds. The molecule has 27 heavy (non-hydrogen) atoms. The second-order valence-corrected chi connectivity index (χ2v) is 8.63. The van der Waals surface area contributed by atoms with Crippen molar-refractivity contribution in [2.75, 3.05) is 13.1 Å². The van der Waals surface area contributed by atoms with E-state index < -0.39 is 15.9 Å². The first kappa shape index (κ1) is 19.8. The summed E-state index contributed by atoms with van der Waals surface area (Å²) in [6.07, 6.45) is 2.66. The van der Waals surface area contributed by atoms with Crippen molar-refractivity contribution in [2.45, 2.75) is 30.8 Å². The minimum atomic E-state index is -3.73. The summed E-state index contributed by atoms with van der Waals surface area (Å²) < 4.78 is 27.1. The van der Waals surface area contributed by atoms with E-state index in [0.717, 1.165) is 24.8 Å². The maximum absolute atomic E-state index is 12.9. The van der Waals surface area contributed by atoms with Gasteiger partial charge in [-0.15, -0.1) is 0 Å². The van der Waals surface area contributed by atoms with E-state index in [4.69, 9.17) is 16.4 Å². The number of rotatable bonds is 6. The van der Waals surface area contributed by atoms with Crippen molar-refractivity contribution in [1.82, 2.24) is 9.79 Å². The Kier molecular flexibility index (Phi) is 6.49. The van der Waals surface area contributed by atoms with Crippen molar-refractivity contribution < 1.29 is 18.0 Å². The molecular formula is C19H21ClN2O4S. The zero-order chi connectivity index (χ0) is 19.3. The smallest absolute Gasteiger partial charge is 0.269 e. The molecule has 8 heteroatoms. The molecule has 6 nitrogen and oxygen atoms in total. The summed E-state index contributed by atoms with van der Waals surface area (Å²) in [6, 6.07) is 13.6. The minimum absolute atomic E-state index is 0.0539. The van der Waals surface area contributed by atoms with Crippen molar-refractivity contribution >= 4 is 27.5 Å². The Balaban J connectivity index is 1.71. The van der Waals surface area contributed by atoms with Crippen LogP contribution in [0.2, 0.25) is 5.02 Å². The van der Waals surface area contributed by atoms with Crippen molar-refractivity contribution in [3.05, 3.63) is 64.7 Å². The predicted molar refractivity (Wildman–Crippen MR) is 103 cm³/mol. The van der Waals surface area contributed by atoms with E-state index in [-0.39, 0.29) is 22.1 Å². The standard InChI is InChI=1S/C19H21ClN2O4S/c20-17-10-9-16(19(23)21-26-14-15-7-3-1-4-8-15)13-18(17)27(24,25)22-11-5-2-6-12-22/h1,3-4,7-10,13H,2,5-6,11-12,14H2,(H,21,23). The van der Waals surface area contributed by atoms with E-state index in [9.17, 15) is 13.2 Å². The Labute approximate surface area is 164 Å². The number of piperidine rings is 1. The molecule has 1 fully saturated rings. The molecule has 0 bridgehead atoms. The average molecular weight is 409 g/mol. The van der Waals surface area contributed by atoms with Gasteiger partial charge >= 0.3 is 0 Å². The molecule has 3 rings (SSSR count). The van der Waals surface area contributed by atoms with Crippen LogP contribution in [-0.2, 0) is 21.5 Å². The van der Waals surface area contributed by atoms with Gasteiger partial charge in [0.15, 0.2) is 0 Å². The number of carbonyl (C=O) groups is 1. The third kappa shape index (κ3) is 4.87. The Morgan fingerprint density at radius 3 is 2.48 bits per heavy atom. The molecule has 1 saturated heterocycles. The zero-order valence-corrected chi connectivity index (χ0v) is 16.3. The van der Waals surface area contributed by atoms with Gasteiger partial charge < -0.3 is 0 Å². The molecule has 0 atom stereocenters. The van der Waals surface area contributed by atoms with E-state index in [1.165, 1.54) is 22.5 Å². The molecule has 2 aromatic rings. The second-order valence-electron chi connectivity index (χ2n) is 6.32. The molecule has 1 heterocycles. The summed E-state index contributed by atoms with van der Waals surface area (Å²) >= 11 is 6.12. The monoisotopic (exact) mass is 408 g/mol. The van der Waals surface area contributed by atoms with Gasteiger partial charge in [0.05, 0.1) is 11.6 Å². The highest BCUT2D eigenvalue weighted by Gasteiger charge is 2.28. The number of benzene rings is 2. The first-order chi connectivity index (χ1) is 13.0. The maximum Gasteiger partial charge on any atom is 0.274 e. The fourth-order valence-electron chi connectivity index (χ4n) is 2.90. The number of carbonyl (C=O) groups excluding carboxylic acids is 1. The number of halogens is 1. The van der Waals surface area contributed by atoms with Gasteiger partial charge in [-0.05, 0) is 36.6 Å². The average Bonchev–Trinajstić information content (AvgIpc) is 2.69. The molecule has 0 aromatic heterocycles. The first-order valence-corrected chi connectivity index (χ1v) is 10.6. The van der Waals surface area contributed by atoms with Crippen molar-refractivity contribution in [3.63, 3.8) is 0 Å². The van der Waals surface area contributed by atoms with Gasteiger partial charge in [-0.1, -0.05) is 48.4 Å². The summed E-state index contributed by atoms with van der Waals surface area (Å²) in [4.78, 5) is 17.5. The second kappa shape index (κ2) is 8.84. The van der Waals surface area contributed by atoms with Crippen molar-refractivity contribution in [1.29, 1.82) is 0 Å². The fraction of sp³-hybridized carbons (Fsp3) is 0.316. The normalized spacial score (nSPS) is 15.4. The van der Waals surface area contributed by atoms with Crippen LogP contribution < -0.4 is 5.48 Å². The number of nitrogens with zero attached hydrogens (tertiary/aromatic N) is 1. The van der Waals surface area contributed by atoms with Crippen molar-refractivity contribution in [2.24, 2.45) is 0 Å². The van der Waals surface area contributed by atoms with Gasteiger partial charge in [0.2, 0.25) is 10.0 Å². The lowest BCUT2D eigenvalue weighted by atomic mass is 10.2. The maximum atomic E-state index is 12.9. The lowest BCUT2D eigenvalue weighted by Gasteiger charge is -2.26. The number of hydroxylamine groups is 1. The Morgan fingerprint density at radius 1 is 1.07 bits per heavy atom. The summed E-state index contributed by atoms with van der Waals surface area (Å²) in [5, 5.41) is 0.0994. The van der Waals surface area contributed by atoms with Gasteiger partial charge in [0.25, 0.3) is 5.91 Å². The van der Waals surface area contributed by atoms with Crippen LogP contribution in [0.4, 0.5) is 0 Å². The van der Waals surface area contributed by atoms with Crippen LogP contribution in [0.3, 0.4) is 0 Å². The largest absolute Gasteiger partial charge is 0.274 e. The van der Waals surface area contributed by atoms with E-state index in [2.05, 4.69) is 5.48 Å². The lowest BCUT2D eigenvalue weighted by molar-refractivity contribution is 0.0233. The van der Waals surface area contributed by atoms with Crippen molar-refractivity contribution in [3.8, 4) is 0 Å². The van der Waals surface area contributed by atoms with Crippen LogP contribution >= 0.6 is 11.6 Å². The predicted octanol–water partition coefficient (Wildman–Crippen LogP) is 3.38. The van der Waals surface area contributed by atoms with E-state index in [0.29, 0.717) is 13.1 Å². The molecule has 144 valence electrons. The lowest BCUT2D eigenvalue weighted by Crippen LogP contribution is -2.36. The quantitative estimate of drug-likeness (QED) is 0.743. The van der Waals surface area contributed by atoms with Crippen LogP contribution in [0.1, 0.15) is 35.2 Å². The van der Waals surface area contributed by atoms with Crippen LogP contribution in [0.5, 0.6) is 0 Å².